The Balaban J connectivity index is 1.36. The Labute approximate surface area is 235 Å². The zero-order valence-corrected chi connectivity index (χ0v) is 23.2. The number of hydrogen-bond donors (Lipinski definition) is 1. The maximum Gasteiger partial charge on any atom is 0.291 e. The van der Waals surface area contributed by atoms with Crippen molar-refractivity contribution in [1.82, 2.24) is 9.80 Å². The lowest BCUT2D eigenvalue weighted by atomic mass is 9.95. The van der Waals surface area contributed by atoms with Gasteiger partial charge in [0.05, 0.1) is 17.7 Å². The molecule has 3 heterocycles. The predicted octanol–water partition coefficient (Wildman–Crippen LogP) is 5.39. The minimum Gasteiger partial charge on any atom is -0.459 e. The van der Waals surface area contributed by atoms with Crippen LogP contribution >= 0.6 is 0 Å². The highest BCUT2D eigenvalue weighted by Gasteiger charge is 2.29. The zero-order valence-electron chi connectivity index (χ0n) is 23.2. The molecule has 0 saturated carbocycles. The second-order valence-corrected chi connectivity index (χ2v) is 10.6. The molecule has 1 aromatic heterocycles. The number of furan rings is 1. The molecule has 8 heteroatoms. The van der Waals surface area contributed by atoms with Crippen molar-refractivity contribution in [3.05, 3.63) is 83.8 Å². The minimum atomic E-state index is -0.359. The quantitative estimate of drug-likeness (QED) is 0.433. The number of likely N-dealkylation sites (tertiary alicyclic amines) is 1. The Hall–Kier alpha value is -4.07. The molecule has 40 heavy (non-hydrogen) atoms. The van der Waals surface area contributed by atoms with Crippen molar-refractivity contribution >= 4 is 29.1 Å². The molecule has 1 atom stereocenters. The van der Waals surface area contributed by atoms with Crippen molar-refractivity contribution in [2.24, 2.45) is 0 Å². The summed E-state index contributed by atoms with van der Waals surface area (Å²) < 4.78 is 5.23. The number of hydrogen-bond acceptors (Lipinski definition) is 5. The van der Waals surface area contributed by atoms with Gasteiger partial charge in [-0.15, -0.1) is 0 Å². The third kappa shape index (κ3) is 6.22. The number of piperidine rings is 1. The van der Waals surface area contributed by atoms with Gasteiger partial charge in [0.2, 0.25) is 5.91 Å². The van der Waals surface area contributed by atoms with Gasteiger partial charge in [-0.3, -0.25) is 14.4 Å². The van der Waals surface area contributed by atoms with Crippen LogP contribution in [0.1, 0.15) is 71.4 Å². The lowest BCUT2D eigenvalue weighted by molar-refractivity contribution is -0.132. The van der Waals surface area contributed by atoms with E-state index in [4.69, 9.17) is 4.42 Å². The molecule has 0 aliphatic carbocycles. The standard InChI is InChI=1S/C32H38N4O4/c1-2-26(24-11-5-3-6-12-24)31(38)36-19-10-18-34(20-21-36)28-15-14-25(33-30(37)29-13-9-22-40-29)23-27(28)32(39)35-16-7-4-8-17-35/h3,5-6,9,11-15,22-23,26H,2,4,7-8,10,16-21H2,1H3,(H,33,37)/t26-/m1/s1. The first-order valence-corrected chi connectivity index (χ1v) is 14.4. The highest BCUT2D eigenvalue weighted by atomic mass is 16.3. The van der Waals surface area contributed by atoms with Crippen molar-refractivity contribution in [2.45, 2.75) is 44.9 Å². The minimum absolute atomic E-state index is 0.0175. The van der Waals surface area contributed by atoms with Crippen LogP contribution in [0.5, 0.6) is 0 Å². The van der Waals surface area contributed by atoms with E-state index in [1.54, 1.807) is 18.2 Å². The van der Waals surface area contributed by atoms with Crippen molar-refractivity contribution in [1.29, 1.82) is 0 Å². The number of amides is 3. The molecule has 0 bridgehead atoms. The Morgan fingerprint density at radius 2 is 1.60 bits per heavy atom. The monoisotopic (exact) mass is 542 g/mol. The van der Waals surface area contributed by atoms with Gasteiger partial charge in [-0.05, 0) is 68.0 Å². The van der Waals surface area contributed by atoms with Gasteiger partial charge >= 0.3 is 0 Å². The number of rotatable bonds is 7. The Bertz CT molecular complexity index is 1300. The summed E-state index contributed by atoms with van der Waals surface area (Å²) in [6.07, 6.45) is 6.15. The van der Waals surface area contributed by atoms with Gasteiger partial charge in [0.1, 0.15) is 0 Å². The number of benzene rings is 2. The fourth-order valence-corrected chi connectivity index (χ4v) is 5.77. The van der Waals surface area contributed by atoms with Gasteiger partial charge in [-0.1, -0.05) is 37.3 Å². The van der Waals surface area contributed by atoms with E-state index in [-0.39, 0.29) is 29.4 Å². The fourth-order valence-electron chi connectivity index (χ4n) is 5.77. The average molecular weight is 543 g/mol. The van der Waals surface area contributed by atoms with E-state index in [1.165, 1.54) is 6.26 Å². The van der Waals surface area contributed by atoms with Crippen LogP contribution in [0, 0.1) is 0 Å². The number of carbonyl (C=O) groups is 3. The van der Waals surface area contributed by atoms with E-state index >= 15 is 0 Å². The van der Waals surface area contributed by atoms with Crippen LogP contribution in [0.15, 0.2) is 71.3 Å². The van der Waals surface area contributed by atoms with Crippen LogP contribution in [0.25, 0.3) is 0 Å². The molecule has 8 nitrogen and oxygen atoms in total. The summed E-state index contributed by atoms with van der Waals surface area (Å²) in [5.41, 5.74) is 3.02. The largest absolute Gasteiger partial charge is 0.459 e. The second-order valence-electron chi connectivity index (χ2n) is 10.6. The first-order chi connectivity index (χ1) is 19.5. The van der Waals surface area contributed by atoms with Crippen molar-refractivity contribution < 1.29 is 18.8 Å². The lowest BCUT2D eigenvalue weighted by Gasteiger charge is -2.31. The van der Waals surface area contributed by atoms with Gasteiger partial charge in [-0.2, -0.15) is 0 Å². The van der Waals surface area contributed by atoms with Crippen LogP contribution in [-0.4, -0.2) is 66.8 Å². The molecule has 1 N–H and O–H groups in total. The Morgan fingerprint density at radius 1 is 0.825 bits per heavy atom. The summed E-state index contributed by atoms with van der Waals surface area (Å²) in [5, 5.41) is 2.87. The number of anilines is 2. The maximum atomic E-state index is 13.8. The van der Waals surface area contributed by atoms with E-state index in [2.05, 4.69) is 17.1 Å². The molecule has 5 rings (SSSR count). The van der Waals surface area contributed by atoms with Crippen molar-refractivity contribution in [3.8, 4) is 0 Å². The van der Waals surface area contributed by atoms with E-state index < -0.39 is 0 Å². The van der Waals surface area contributed by atoms with E-state index in [1.807, 2.05) is 52.3 Å². The molecule has 2 aliphatic rings. The topological polar surface area (TPSA) is 86.1 Å². The van der Waals surface area contributed by atoms with Crippen LogP contribution in [0.3, 0.4) is 0 Å². The SMILES string of the molecule is CC[C@@H](C(=O)N1CCCN(c2ccc(NC(=O)c3ccco3)cc2C(=O)N2CCCCC2)CC1)c1ccccc1. The molecule has 2 fully saturated rings. The van der Waals surface area contributed by atoms with E-state index in [0.29, 0.717) is 30.9 Å². The molecule has 2 aliphatic heterocycles. The Kier molecular flexibility index (Phi) is 8.84. The van der Waals surface area contributed by atoms with Crippen LogP contribution in [-0.2, 0) is 4.79 Å². The summed E-state index contributed by atoms with van der Waals surface area (Å²) in [6, 6.07) is 18.8. The number of nitrogens with zero attached hydrogens (tertiary/aromatic N) is 3. The maximum absolute atomic E-state index is 13.8. The lowest BCUT2D eigenvalue weighted by Crippen LogP contribution is -2.39. The van der Waals surface area contributed by atoms with Crippen molar-refractivity contribution in [2.75, 3.05) is 49.5 Å². The third-order valence-corrected chi connectivity index (χ3v) is 7.93. The van der Waals surface area contributed by atoms with E-state index in [9.17, 15) is 14.4 Å². The molecular formula is C32H38N4O4. The number of carbonyl (C=O) groups excluding carboxylic acids is 3. The van der Waals surface area contributed by atoms with Gasteiger partial charge < -0.3 is 24.4 Å². The highest BCUT2D eigenvalue weighted by Crippen LogP contribution is 2.29. The average Bonchev–Trinajstić information content (AvgIpc) is 3.43. The van der Waals surface area contributed by atoms with Gasteiger partial charge in [0.25, 0.3) is 11.8 Å². The predicted molar refractivity (Wildman–Crippen MR) is 156 cm³/mol. The molecule has 0 spiro atoms. The van der Waals surface area contributed by atoms with Crippen LogP contribution < -0.4 is 10.2 Å². The van der Waals surface area contributed by atoms with Gasteiger partial charge in [0.15, 0.2) is 5.76 Å². The summed E-state index contributed by atoms with van der Waals surface area (Å²) in [4.78, 5) is 46.1. The van der Waals surface area contributed by atoms with Crippen LogP contribution in [0.4, 0.5) is 11.4 Å². The molecule has 0 unspecified atom stereocenters. The van der Waals surface area contributed by atoms with Gasteiger partial charge in [-0.25, -0.2) is 0 Å². The molecule has 2 saturated heterocycles. The summed E-state index contributed by atoms with van der Waals surface area (Å²) in [5.74, 6) is -0.151. The smallest absolute Gasteiger partial charge is 0.291 e. The summed E-state index contributed by atoms with van der Waals surface area (Å²) in [6.45, 7) is 6.19. The highest BCUT2D eigenvalue weighted by molar-refractivity contribution is 6.05. The summed E-state index contributed by atoms with van der Waals surface area (Å²) >= 11 is 0. The Morgan fingerprint density at radius 3 is 2.33 bits per heavy atom. The van der Waals surface area contributed by atoms with E-state index in [0.717, 1.165) is 63.0 Å². The molecular weight excluding hydrogens is 504 g/mol. The first-order valence-electron chi connectivity index (χ1n) is 14.4. The second kappa shape index (κ2) is 12.9. The summed E-state index contributed by atoms with van der Waals surface area (Å²) in [7, 11) is 0. The molecule has 0 radical (unpaired) electrons. The van der Waals surface area contributed by atoms with Crippen LogP contribution in [0.2, 0.25) is 0 Å². The molecule has 3 amide bonds. The molecule has 210 valence electrons. The van der Waals surface area contributed by atoms with Crippen molar-refractivity contribution in [3.63, 3.8) is 0 Å². The first kappa shape index (κ1) is 27.5. The number of nitrogens with one attached hydrogen (secondary N) is 1. The normalized spacial score (nSPS) is 16.8. The molecule has 3 aromatic rings. The zero-order chi connectivity index (χ0) is 27.9. The third-order valence-electron chi connectivity index (χ3n) is 7.93. The van der Waals surface area contributed by atoms with Gasteiger partial charge in [0, 0.05) is 50.6 Å². The molecule has 2 aromatic carbocycles. The fraction of sp³-hybridized carbons (Fsp3) is 0.406.